The van der Waals surface area contributed by atoms with Gasteiger partial charge in [0.1, 0.15) is 5.69 Å². The summed E-state index contributed by atoms with van der Waals surface area (Å²) in [5, 5.41) is 8.76. The van der Waals surface area contributed by atoms with Gasteiger partial charge in [0.05, 0.1) is 11.0 Å². The van der Waals surface area contributed by atoms with Crippen molar-refractivity contribution in [1.82, 2.24) is 30.1 Å². The predicted octanol–water partition coefficient (Wildman–Crippen LogP) is 5.72. The van der Waals surface area contributed by atoms with Crippen LogP contribution in [0, 0.1) is 0 Å². The van der Waals surface area contributed by atoms with E-state index in [-0.39, 0.29) is 0 Å². The Hall–Kier alpha value is -4.32. The van der Waals surface area contributed by atoms with Crippen molar-refractivity contribution in [2.24, 2.45) is 0 Å². The van der Waals surface area contributed by atoms with Gasteiger partial charge >= 0.3 is 0 Å². The Morgan fingerprint density at radius 1 is 0.818 bits per heavy atom. The fourth-order valence-electron chi connectivity index (χ4n) is 4.81. The maximum absolute atomic E-state index is 4.80. The molecule has 0 spiro atoms. The third-order valence-corrected chi connectivity index (χ3v) is 6.48. The summed E-state index contributed by atoms with van der Waals surface area (Å²) >= 11 is 0. The Morgan fingerprint density at radius 2 is 1.76 bits per heavy atom. The first-order chi connectivity index (χ1) is 16.3. The van der Waals surface area contributed by atoms with Crippen LogP contribution in [0.15, 0.2) is 73.2 Å². The molecule has 1 aliphatic rings. The molecule has 1 aliphatic heterocycles. The van der Waals surface area contributed by atoms with Crippen LogP contribution in [-0.2, 0) is 12.8 Å². The van der Waals surface area contributed by atoms with Crippen molar-refractivity contribution in [2.75, 3.05) is 0 Å². The monoisotopic (exact) mass is 428 g/mol. The van der Waals surface area contributed by atoms with Gasteiger partial charge in [-0.3, -0.25) is 10.1 Å². The number of hydrogen-bond acceptors (Lipinski definition) is 4. The van der Waals surface area contributed by atoms with Gasteiger partial charge in [-0.05, 0) is 65.8 Å². The fourth-order valence-corrected chi connectivity index (χ4v) is 4.81. The Morgan fingerprint density at radius 3 is 2.76 bits per heavy atom. The Bertz CT molecular complexity index is 1660. The van der Waals surface area contributed by atoms with E-state index in [2.05, 4.69) is 79.7 Å². The highest BCUT2D eigenvalue weighted by atomic mass is 15.1. The second-order valence-electron chi connectivity index (χ2n) is 8.61. The lowest BCUT2D eigenvalue weighted by molar-refractivity contribution is 0.817. The highest BCUT2D eigenvalue weighted by Crippen LogP contribution is 2.33. The minimum atomic E-state index is 0.693. The number of hydrogen-bond donors (Lipinski definition) is 2. The summed E-state index contributed by atoms with van der Waals surface area (Å²) in [6, 6.07) is 19.4. The minimum Gasteiger partial charge on any atom is -0.335 e. The molecule has 0 unspecified atom stereocenters. The Balaban J connectivity index is 1.51. The molecule has 0 saturated carbocycles. The summed E-state index contributed by atoms with van der Waals surface area (Å²) in [5.74, 6) is 0.709. The average Bonchev–Trinajstić information content (AvgIpc) is 3.47. The van der Waals surface area contributed by atoms with E-state index < -0.39 is 0 Å². The smallest absolute Gasteiger partial charge is 0.178 e. The summed E-state index contributed by atoms with van der Waals surface area (Å²) in [6.07, 6.45) is 8.81. The average molecular weight is 428 g/mol. The number of aryl methyl sites for hydroxylation is 2. The van der Waals surface area contributed by atoms with E-state index in [1.54, 1.807) is 0 Å². The number of aromatic nitrogens is 6. The highest BCUT2D eigenvalue weighted by molar-refractivity contribution is 5.97. The van der Waals surface area contributed by atoms with Gasteiger partial charge < -0.3 is 4.98 Å². The fraction of sp³-hybridized carbons (Fsp3) is 0.111. The zero-order valence-electron chi connectivity index (χ0n) is 17.8. The maximum atomic E-state index is 4.80. The summed E-state index contributed by atoms with van der Waals surface area (Å²) in [7, 11) is 0. The lowest BCUT2D eigenvalue weighted by atomic mass is 9.98. The number of fused-ring (bicyclic) bond motifs is 9. The van der Waals surface area contributed by atoms with Crippen molar-refractivity contribution >= 4 is 22.1 Å². The molecule has 6 aromatic rings. The number of pyridine rings is 2. The molecular weight excluding hydrogens is 408 g/mol. The number of nitrogens with zero attached hydrogens (tertiary/aromatic N) is 4. The van der Waals surface area contributed by atoms with Gasteiger partial charge in [0, 0.05) is 35.1 Å². The molecule has 0 aliphatic carbocycles. The molecule has 33 heavy (non-hydrogen) atoms. The third-order valence-electron chi connectivity index (χ3n) is 6.48. The lowest BCUT2D eigenvalue weighted by Crippen LogP contribution is -1.93. The van der Waals surface area contributed by atoms with E-state index in [0.717, 1.165) is 63.6 Å². The number of imidazole rings is 1. The molecule has 2 N–H and O–H groups in total. The topological polar surface area (TPSA) is 83.1 Å². The van der Waals surface area contributed by atoms with E-state index in [1.807, 2.05) is 18.6 Å². The standard InChI is InChI=1S/C27H20N6/c1-3-16-4-2-6-19(11-16)21-9-10-29-26-24(21)30-27(31-26)25-22-13-18(7-8-23(22)32-33-25)20-12-17(5-1)14-28-15-20/h2,4,6-15H,1,3,5H2,(H,32,33)(H,29,30,31). The van der Waals surface area contributed by atoms with Crippen LogP contribution in [0.25, 0.3) is 55.8 Å². The highest BCUT2D eigenvalue weighted by Gasteiger charge is 2.17. The number of benzene rings is 2. The van der Waals surface area contributed by atoms with Crippen LogP contribution < -0.4 is 0 Å². The minimum absolute atomic E-state index is 0.693. The van der Waals surface area contributed by atoms with E-state index in [1.165, 1.54) is 11.1 Å². The molecule has 8 bridgehead atoms. The van der Waals surface area contributed by atoms with E-state index >= 15 is 0 Å². The largest absolute Gasteiger partial charge is 0.335 e. The van der Waals surface area contributed by atoms with Gasteiger partial charge in [0.2, 0.25) is 0 Å². The molecule has 0 saturated heterocycles. The first-order valence-electron chi connectivity index (χ1n) is 11.2. The van der Waals surface area contributed by atoms with E-state index in [0.29, 0.717) is 11.5 Å². The van der Waals surface area contributed by atoms with Crippen molar-refractivity contribution in [2.45, 2.75) is 19.3 Å². The summed E-state index contributed by atoms with van der Waals surface area (Å²) < 4.78 is 0. The zero-order chi connectivity index (χ0) is 21.8. The molecule has 0 amide bonds. The Labute approximate surface area is 189 Å². The number of nitrogens with one attached hydrogen (secondary N) is 2. The van der Waals surface area contributed by atoms with Gasteiger partial charge in [-0.15, -0.1) is 0 Å². The van der Waals surface area contributed by atoms with Gasteiger partial charge in [-0.25, -0.2) is 9.97 Å². The second kappa shape index (κ2) is 7.10. The maximum Gasteiger partial charge on any atom is 0.178 e. The van der Waals surface area contributed by atoms with E-state index in [9.17, 15) is 0 Å². The van der Waals surface area contributed by atoms with Crippen LogP contribution in [0.3, 0.4) is 0 Å². The van der Waals surface area contributed by atoms with Crippen molar-refractivity contribution < 1.29 is 0 Å². The second-order valence-corrected chi connectivity index (χ2v) is 8.61. The molecule has 7 rings (SSSR count). The van der Waals surface area contributed by atoms with Crippen LogP contribution in [-0.4, -0.2) is 30.1 Å². The summed E-state index contributed by atoms with van der Waals surface area (Å²) in [5.41, 5.74) is 10.5. The van der Waals surface area contributed by atoms with Crippen LogP contribution in [0.5, 0.6) is 0 Å². The number of rotatable bonds is 0. The van der Waals surface area contributed by atoms with Crippen LogP contribution >= 0.6 is 0 Å². The molecule has 0 atom stereocenters. The summed E-state index contributed by atoms with van der Waals surface area (Å²) in [6.45, 7) is 0. The molecule has 0 radical (unpaired) electrons. The van der Waals surface area contributed by atoms with Crippen molar-refractivity contribution in [1.29, 1.82) is 0 Å². The lowest BCUT2D eigenvalue weighted by Gasteiger charge is -2.08. The van der Waals surface area contributed by atoms with Gasteiger partial charge in [-0.1, -0.05) is 30.3 Å². The van der Waals surface area contributed by atoms with Gasteiger partial charge in [0.15, 0.2) is 11.5 Å². The first-order valence-corrected chi connectivity index (χ1v) is 11.2. The molecular formula is C27H20N6. The predicted molar refractivity (Wildman–Crippen MR) is 130 cm³/mol. The van der Waals surface area contributed by atoms with Crippen LogP contribution in [0.2, 0.25) is 0 Å². The molecule has 158 valence electrons. The molecule has 6 nitrogen and oxygen atoms in total. The molecule has 6 heteroatoms. The molecule has 2 aromatic carbocycles. The van der Waals surface area contributed by atoms with Crippen molar-refractivity contribution in [3.8, 4) is 33.8 Å². The van der Waals surface area contributed by atoms with Crippen molar-refractivity contribution in [3.05, 3.63) is 84.3 Å². The molecule has 5 heterocycles. The third kappa shape index (κ3) is 3.03. The molecule has 0 fully saturated rings. The number of aromatic amines is 2. The van der Waals surface area contributed by atoms with Crippen LogP contribution in [0.4, 0.5) is 0 Å². The quantitative estimate of drug-likeness (QED) is 0.324. The van der Waals surface area contributed by atoms with Crippen molar-refractivity contribution in [3.63, 3.8) is 0 Å². The molecule has 4 aromatic heterocycles. The van der Waals surface area contributed by atoms with Gasteiger partial charge in [-0.2, -0.15) is 5.10 Å². The normalized spacial score (nSPS) is 13.1. The Kier molecular flexibility index (Phi) is 3.93. The van der Waals surface area contributed by atoms with E-state index in [4.69, 9.17) is 4.98 Å². The van der Waals surface area contributed by atoms with Crippen LogP contribution in [0.1, 0.15) is 17.5 Å². The van der Waals surface area contributed by atoms with Gasteiger partial charge in [0.25, 0.3) is 0 Å². The summed E-state index contributed by atoms with van der Waals surface area (Å²) in [4.78, 5) is 17.4. The SMILES string of the molecule is c1cc2cc(c1)-c1ccnc3nc([nH]c13)-c1n[nH]c3ccc(cc13)-c1cncc(c1)CCC2. The number of H-pyrrole nitrogens is 2. The zero-order valence-corrected chi connectivity index (χ0v) is 17.8. The first kappa shape index (κ1) is 18.3.